The highest BCUT2D eigenvalue weighted by molar-refractivity contribution is 5.78. The first-order chi connectivity index (χ1) is 21.3. The summed E-state index contributed by atoms with van der Waals surface area (Å²) >= 11 is 0. The molecule has 1 saturated carbocycles. The summed E-state index contributed by atoms with van der Waals surface area (Å²) in [7, 11) is 0. The van der Waals surface area contributed by atoms with Crippen molar-refractivity contribution >= 4 is 11.9 Å². The second-order valence-electron chi connectivity index (χ2n) is 12.7. The van der Waals surface area contributed by atoms with Gasteiger partial charge in [0.2, 0.25) is 0 Å². The monoisotopic (exact) mass is 722 g/mol. The van der Waals surface area contributed by atoms with Crippen LogP contribution < -0.4 is 4.74 Å². The molecular weight excluding hydrogens is 684 g/mol. The summed E-state index contributed by atoms with van der Waals surface area (Å²) in [6.45, 7) is 9.94. The molecule has 0 heterocycles. The van der Waals surface area contributed by atoms with Crippen molar-refractivity contribution in [1.82, 2.24) is 0 Å². The van der Waals surface area contributed by atoms with Crippen molar-refractivity contribution in [2.24, 2.45) is 16.7 Å². The van der Waals surface area contributed by atoms with Crippen LogP contribution >= 0.6 is 0 Å². The number of ether oxygens (including phenoxy) is 2. The summed E-state index contributed by atoms with van der Waals surface area (Å²) in [4.78, 5) is 23.8. The quantitative estimate of drug-likeness (QED) is 0.159. The van der Waals surface area contributed by atoms with Crippen LogP contribution in [0.25, 0.3) is 0 Å². The Kier molecular flexibility index (Phi) is 13.2. The third kappa shape index (κ3) is 9.27. The number of benzene rings is 1. The van der Waals surface area contributed by atoms with Crippen LogP contribution in [0.5, 0.6) is 5.75 Å². The van der Waals surface area contributed by atoms with Crippen LogP contribution in [0.15, 0.2) is 24.3 Å². The van der Waals surface area contributed by atoms with Crippen LogP contribution in [-0.4, -0.2) is 58.6 Å². The van der Waals surface area contributed by atoms with Crippen molar-refractivity contribution in [3.8, 4) is 5.75 Å². The first-order valence-electron chi connectivity index (χ1n) is 14.6. The van der Waals surface area contributed by atoms with Crippen LogP contribution in [-0.2, 0) is 19.9 Å². The number of alkyl halides is 12. The molecule has 1 aliphatic carbocycles. The van der Waals surface area contributed by atoms with E-state index in [0.29, 0.717) is 25.0 Å². The summed E-state index contributed by atoms with van der Waals surface area (Å²) in [5.74, 6) is -3.45. The third-order valence-electron chi connectivity index (χ3n) is 8.58. The van der Waals surface area contributed by atoms with Gasteiger partial charge in [0.05, 0.1) is 10.8 Å². The molecule has 18 heteroatoms. The Hall–Kier alpha value is -2.76. The summed E-state index contributed by atoms with van der Waals surface area (Å²) < 4.78 is 164. The van der Waals surface area contributed by atoms with Crippen LogP contribution in [0.3, 0.4) is 0 Å². The maximum atomic E-state index is 12.8. The molecule has 1 aliphatic rings. The number of esters is 2. The van der Waals surface area contributed by atoms with Gasteiger partial charge in [0.25, 0.3) is 11.2 Å². The van der Waals surface area contributed by atoms with Crippen LogP contribution in [0.2, 0.25) is 0 Å². The average Bonchev–Trinajstić information content (AvgIpc) is 2.95. The van der Waals surface area contributed by atoms with Gasteiger partial charge in [-0.1, -0.05) is 26.0 Å². The smallest absolute Gasteiger partial charge is 0.430 e. The molecule has 0 unspecified atom stereocenters. The lowest BCUT2D eigenvalue weighted by Gasteiger charge is -2.42. The molecule has 0 atom stereocenters. The number of carbonyl (C=O) groups is 2. The second kappa shape index (κ2) is 14.6. The maximum absolute atomic E-state index is 12.8. The van der Waals surface area contributed by atoms with Crippen molar-refractivity contribution in [3.63, 3.8) is 0 Å². The fourth-order valence-electron chi connectivity index (χ4n) is 4.32. The van der Waals surface area contributed by atoms with E-state index in [9.17, 15) is 72.5 Å². The molecule has 1 fully saturated rings. The molecule has 0 aliphatic heterocycles. The van der Waals surface area contributed by atoms with Gasteiger partial charge in [0.15, 0.2) is 0 Å². The van der Waals surface area contributed by atoms with Crippen LogP contribution in [0.4, 0.5) is 52.7 Å². The lowest BCUT2D eigenvalue weighted by atomic mass is 9.75. The third-order valence-corrected chi connectivity index (χ3v) is 8.58. The van der Waals surface area contributed by atoms with Crippen LogP contribution in [0.1, 0.15) is 85.6 Å². The van der Waals surface area contributed by atoms with Gasteiger partial charge in [-0.3, -0.25) is 9.59 Å². The van der Waals surface area contributed by atoms with Gasteiger partial charge < -0.3 is 19.7 Å². The number of halogens is 12. The van der Waals surface area contributed by atoms with E-state index < -0.39 is 89.1 Å². The minimum Gasteiger partial charge on any atom is -0.462 e. The standard InChI is InChI=1S/C15H22F6O3.C15H16F6O3/c2*1-4-12(2,3)11(22)24-10-7-5-9(6-8-10)13(23,14(16,17)18)15(19,20)21/h9-10,23H,4-8H2,1-3H3;5-8,23H,4H2,1-3H3. The lowest BCUT2D eigenvalue weighted by molar-refractivity contribution is -0.387. The molecule has 278 valence electrons. The van der Waals surface area contributed by atoms with E-state index in [-0.39, 0.29) is 18.6 Å². The van der Waals surface area contributed by atoms with Gasteiger partial charge >= 0.3 is 36.6 Å². The Balaban J connectivity index is 0.000000480. The highest BCUT2D eigenvalue weighted by Crippen LogP contribution is 2.52. The number of carbonyl (C=O) groups excluding carboxylic acids is 2. The average molecular weight is 723 g/mol. The predicted molar refractivity (Wildman–Crippen MR) is 145 cm³/mol. The number of aliphatic hydroxyl groups is 2. The Morgan fingerprint density at radius 3 is 1.35 bits per heavy atom. The number of hydrogen-bond acceptors (Lipinski definition) is 6. The Morgan fingerprint density at radius 2 is 1.02 bits per heavy atom. The topological polar surface area (TPSA) is 93.1 Å². The first kappa shape index (κ1) is 43.3. The molecule has 0 aromatic heterocycles. The SMILES string of the molecule is CCC(C)(C)C(=O)OC1CCC(C(O)(C(F)(F)F)C(F)(F)F)CC1.CCC(C)(C)C(=O)Oc1ccc(C(O)(C(F)(F)F)C(F)(F)F)cc1. The molecule has 0 bridgehead atoms. The van der Waals surface area contributed by atoms with Crippen molar-refractivity contribution < 1.29 is 82.0 Å². The molecule has 0 radical (unpaired) electrons. The molecule has 1 aromatic rings. The van der Waals surface area contributed by atoms with Crippen molar-refractivity contribution in [1.29, 1.82) is 0 Å². The normalized spacial score (nSPS) is 18.8. The molecular formula is C30H38F12O6. The molecule has 2 rings (SSSR count). The Morgan fingerprint density at radius 1 is 0.646 bits per heavy atom. The van der Waals surface area contributed by atoms with E-state index in [2.05, 4.69) is 0 Å². The lowest BCUT2D eigenvalue weighted by Crippen LogP contribution is -2.62. The molecule has 48 heavy (non-hydrogen) atoms. The van der Waals surface area contributed by atoms with E-state index >= 15 is 0 Å². The largest absolute Gasteiger partial charge is 0.462 e. The Bertz CT molecular complexity index is 1200. The molecule has 1 aromatic carbocycles. The minimum atomic E-state index is -5.96. The summed E-state index contributed by atoms with van der Waals surface area (Å²) in [6, 6.07) is 2.37. The molecule has 0 saturated heterocycles. The van der Waals surface area contributed by atoms with E-state index in [1.807, 2.05) is 0 Å². The fraction of sp³-hybridized carbons (Fsp3) is 0.733. The minimum absolute atomic E-state index is 0.148. The van der Waals surface area contributed by atoms with Crippen LogP contribution in [0, 0.1) is 16.7 Å². The number of rotatable bonds is 8. The zero-order valence-corrected chi connectivity index (χ0v) is 26.8. The van der Waals surface area contributed by atoms with Gasteiger partial charge in [-0.05, 0) is 78.4 Å². The molecule has 0 spiro atoms. The number of hydrogen-bond donors (Lipinski definition) is 2. The van der Waals surface area contributed by atoms with E-state index in [4.69, 9.17) is 9.47 Å². The van der Waals surface area contributed by atoms with E-state index in [1.165, 1.54) is 0 Å². The second-order valence-corrected chi connectivity index (χ2v) is 12.7. The maximum Gasteiger partial charge on any atom is 0.430 e. The molecule has 0 amide bonds. The highest BCUT2D eigenvalue weighted by Gasteiger charge is 2.74. The zero-order valence-electron chi connectivity index (χ0n) is 26.8. The van der Waals surface area contributed by atoms with Gasteiger partial charge in [-0.25, -0.2) is 0 Å². The van der Waals surface area contributed by atoms with E-state index in [1.54, 1.807) is 41.5 Å². The fourth-order valence-corrected chi connectivity index (χ4v) is 4.32. The van der Waals surface area contributed by atoms with Gasteiger partial charge in [-0.15, -0.1) is 0 Å². The highest BCUT2D eigenvalue weighted by atomic mass is 19.4. The summed E-state index contributed by atoms with van der Waals surface area (Å²) in [5, 5.41) is 18.6. The van der Waals surface area contributed by atoms with Gasteiger partial charge in [0.1, 0.15) is 11.9 Å². The Labute approximate surface area is 268 Å². The zero-order chi connectivity index (χ0) is 37.9. The molecule has 2 N–H and O–H groups in total. The van der Waals surface area contributed by atoms with Crippen molar-refractivity contribution in [3.05, 3.63) is 29.8 Å². The van der Waals surface area contributed by atoms with E-state index in [0.717, 1.165) is 12.1 Å². The summed E-state index contributed by atoms with van der Waals surface area (Å²) in [5.41, 5.74) is -12.8. The van der Waals surface area contributed by atoms with Gasteiger partial charge in [0, 0.05) is 11.5 Å². The van der Waals surface area contributed by atoms with Crippen molar-refractivity contribution in [2.45, 2.75) is 122 Å². The molecule has 6 nitrogen and oxygen atoms in total. The first-order valence-corrected chi connectivity index (χ1v) is 14.6. The van der Waals surface area contributed by atoms with Gasteiger partial charge in [-0.2, -0.15) is 52.7 Å². The predicted octanol–water partition coefficient (Wildman–Crippen LogP) is 8.72. The van der Waals surface area contributed by atoms with Crippen molar-refractivity contribution in [2.75, 3.05) is 0 Å². The summed E-state index contributed by atoms with van der Waals surface area (Å²) in [6.07, 6.45) is -24.7.